The summed E-state index contributed by atoms with van der Waals surface area (Å²) in [5.41, 5.74) is 2.17. The third-order valence-electron chi connectivity index (χ3n) is 5.33. The van der Waals surface area contributed by atoms with Crippen molar-refractivity contribution in [3.8, 4) is 0 Å². The number of anilines is 1. The Hall–Kier alpha value is -2.47. The molecule has 0 unspecified atom stereocenters. The van der Waals surface area contributed by atoms with Crippen LogP contribution < -0.4 is 10.6 Å². The van der Waals surface area contributed by atoms with Gasteiger partial charge < -0.3 is 20.3 Å². The number of rotatable bonds is 4. The molecule has 1 aliphatic carbocycles. The maximum atomic E-state index is 12.6. The molecule has 12 heteroatoms. The Labute approximate surface area is 184 Å². The van der Waals surface area contributed by atoms with Crippen molar-refractivity contribution in [2.45, 2.75) is 51.5 Å². The van der Waals surface area contributed by atoms with Crippen LogP contribution in [0.25, 0.3) is 0 Å². The molecule has 8 nitrogen and oxygen atoms in total. The average Bonchev–Trinajstić information content (AvgIpc) is 2.97. The molecule has 1 amide bonds. The fourth-order valence-corrected chi connectivity index (χ4v) is 3.99. The zero-order chi connectivity index (χ0) is 23.0. The molecular weight excluding hydrogens is 483 g/mol. The molecule has 4 rings (SSSR count). The summed E-state index contributed by atoms with van der Waals surface area (Å²) in [4.78, 5) is 30.1. The Morgan fingerprint density at radius 3 is 2.61 bits per heavy atom. The molecule has 3 atom stereocenters. The molecule has 168 valence electrons. The lowest BCUT2D eigenvalue weighted by molar-refractivity contribution is -0.192. The molecule has 2 aliphatic rings. The van der Waals surface area contributed by atoms with E-state index in [1.807, 2.05) is 32.3 Å². The molecule has 0 aromatic carbocycles. The fourth-order valence-electron chi connectivity index (χ4n) is 3.68. The second kappa shape index (κ2) is 8.58. The van der Waals surface area contributed by atoms with E-state index < -0.39 is 12.1 Å². The number of carbonyl (C=O) groups excluding carboxylic acids is 1. The van der Waals surface area contributed by atoms with E-state index in [1.54, 1.807) is 0 Å². The number of hydrogen-bond donors (Lipinski definition) is 3. The topological polar surface area (TPSA) is 109 Å². The third-order valence-corrected chi connectivity index (χ3v) is 5.77. The van der Waals surface area contributed by atoms with Crippen molar-refractivity contribution < 1.29 is 27.9 Å². The van der Waals surface area contributed by atoms with Crippen molar-refractivity contribution >= 4 is 33.6 Å². The van der Waals surface area contributed by atoms with Crippen LogP contribution in [0.5, 0.6) is 0 Å². The number of pyridine rings is 1. The van der Waals surface area contributed by atoms with Crippen molar-refractivity contribution in [3.05, 3.63) is 40.5 Å². The fraction of sp³-hybridized carbons (Fsp3) is 0.474. The number of carbonyl (C=O) groups is 2. The van der Waals surface area contributed by atoms with Crippen LogP contribution in [0.3, 0.4) is 0 Å². The number of nitrogens with zero attached hydrogens (tertiary/aromatic N) is 3. The summed E-state index contributed by atoms with van der Waals surface area (Å²) in [6.45, 7) is 4.86. The van der Waals surface area contributed by atoms with Crippen molar-refractivity contribution in [1.82, 2.24) is 19.9 Å². The van der Waals surface area contributed by atoms with E-state index in [9.17, 15) is 18.0 Å². The Bertz CT molecular complexity index is 996. The maximum Gasteiger partial charge on any atom is 0.490 e. The molecule has 1 aliphatic heterocycles. The minimum absolute atomic E-state index is 0.00270. The van der Waals surface area contributed by atoms with Crippen molar-refractivity contribution in [1.29, 1.82) is 0 Å². The van der Waals surface area contributed by atoms with E-state index in [2.05, 4.69) is 47.3 Å². The van der Waals surface area contributed by atoms with Crippen LogP contribution in [0.1, 0.15) is 24.1 Å². The van der Waals surface area contributed by atoms with E-state index in [0.29, 0.717) is 11.9 Å². The SMILES string of the molecule is Cc1cn(C[C@@]23C[C@@H](C(=O)Nc4nc(Br)ccc4C)N[C@@H]2C3)cn1.O=C(O)C(F)(F)F. The third kappa shape index (κ3) is 5.62. The molecule has 2 fully saturated rings. The number of amides is 1. The largest absolute Gasteiger partial charge is 0.490 e. The molecule has 0 spiro atoms. The number of nitrogens with one attached hydrogen (secondary N) is 2. The van der Waals surface area contributed by atoms with E-state index in [0.717, 1.165) is 35.2 Å². The highest BCUT2D eigenvalue weighted by Crippen LogP contribution is 2.55. The molecule has 31 heavy (non-hydrogen) atoms. The summed E-state index contributed by atoms with van der Waals surface area (Å²) in [5, 5.41) is 13.5. The number of aromatic nitrogens is 3. The first-order chi connectivity index (χ1) is 14.4. The van der Waals surface area contributed by atoms with Gasteiger partial charge in [0.15, 0.2) is 0 Å². The van der Waals surface area contributed by atoms with Crippen LogP contribution in [0.4, 0.5) is 19.0 Å². The van der Waals surface area contributed by atoms with E-state index >= 15 is 0 Å². The first kappa shape index (κ1) is 23.2. The van der Waals surface area contributed by atoms with Crippen LogP contribution in [0.15, 0.2) is 29.3 Å². The summed E-state index contributed by atoms with van der Waals surface area (Å²) in [5.74, 6) is -2.14. The van der Waals surface area contributed by atoms with Crippen LogP contribution in [0, 0.1) is 19.3 Å². The summed E-state index contributed by atoms with van der Waals surface area (Å²) in [7, 11) is 0. The molecule has 1 saturated heterocycles. The molecule has 1 saturated carbocycles. The first-order valence-corrected chi connectivity index (χ1v) is 10.2. The smallest absolute Gasteiger partial charge is 0.475 e. The van der Waals surface area contributed by atoms with Gasteiger partial charge in [0.2, 0.25) is 5.91 Å². The highest BCUT2D eigenvalue weighted by Gasteiger charge is 2.61. The first-order valence-electron chi connectivity index (χ1n) is 9.38. The Morgan fingerprint density at radius 2 is 2.03 bits per heavy atom. The Kier molecular flexibility index (Phi) is 6.42. The Morgan fingerprint density at radius 1 is 1.35 bits per heavy atom. The number of imidazole rings is 1. The van der Waals surface area contributed by atoms with Crippen LogP contribution in [0.2, 0.25) is 0 Å². The van der Waals surface area contributed by atoms with Gasteiger partial charge in [0.25, 0.3) is 0 Å². The van der Waals surface area contributed by atoms with Gasteiger partial charge in [-0.3, -0.25) is 4.79 Å². The number of aryl methyl sites for hydroxylation is 2. The highest BCUT2D eigenvalue weighted by atomic mass is 79.9. The van der Waals surface area contributed by atoms with E-state index in [4.69, 9.17) is 9.90 Å². The highest BCUT2D eigenvalue weighted by molar-refractivity contribution is 9.10. The number of aliphatic carboxylic acids is 1. The number of carboxylic acids is 1. The van der Waals surface area contributed by atoms with Gasteiger partial charge in [-0.2, -0.15) is 13.2 Å². The predicted molar refractivity (Wildman–Crippen MR) is 108 cm³/mol. The molecule has 2 aromatic rings. The molecule has 0 radical (unpaired) electrons. The lowest BCUT2D eigenvalue weighted by atomic mass is 9.99. The number of carboxylic acid groups (broad SMARTS) is 1. The summed E-state index contributed by atoms with van der Waals surface area (Å²) in [6.07, 6.45) is 0.837. The van der Waals surface area contributed by atoms with E-state index in [1.165, 1.54) is 0 Å². The average molecular weight is 504 g/mol. The van der Waals surface area contributed by atoms with Crippen LogP contribution >= 0.6 is 15.9 Å². The standard InChI is InChI=1S/C17H20BrN5O.C2HF3O2/c1-10-3-4-14(18)21-15(10)22-16(24)12-5-17(6-13(17)20-12)8-23-7-11(2)19-9-23;3-2(4,5)1(6)7/h3-4,7,9,12-13,20H,5-6,8H2,1-2H3,(H,21,22,24);(H,6,7)/t12-,13+,17-;/m0./s1. The number of halogens is 4. The van der Waals surface area contributed by atoms with E-state index in [-0.39, 0.29) is 17.4 Å². The predicted octanol–water partition coefficient (Wildman–Crippen LogP) is 3.05. The van der Waals surface area contributed by atoms with Gasteiger partial charge in [0.1, 0.15) is 10.4 Å². The van der Waals surface area contributed by atoms with Crippen LogP contribution in [-0.2, 0) is 16.1 Å². The lowest BCUT2D eigenvalue weighted by Crippen LogP contribution is -2.38. The molecule has 3 heterocycles. The number of hydrogen-bond acceptors (Lipinski definition) is 5. The van der Waals surface area contributed by atoms with Gasteiger partial charge in [-0.15, -0.1) is 0 Å². The normalized spacial score (nSPS) is 24.1. The van der Waals surface area contributed by atoms with Gasteiger partial charge in [-0.25, -0.2) is 14.8 Å². The van der Waals surface area contributed by atoms with Gasteiger partial charge in [-0.1, -0.05) is 6.07 Å². The Balaban J connectivity index is 0.000000339. The molecule has 0 bridgehead atoms. The van der Waals surface area contributed by atoms with Gasteiger partial charge in [0.05, 0.1) is 18.1 Å². The summed E-state index contributed by atoms with van der Waals surface area (Å²) >= 11 is 3.35. The van der Waals surface area contributed by atoms with Gasteiger partial charge in [-0.05, 0) is 54.2 Å². The minimum Gasteiger partial charge on any atom is -0.475 e. The number of fused-ring (bicyclic) bond motifs is 1. The van der Waals surface area contributed by atoms with Crippen molar-refractivity contribution in [3.63, 3.8) is 0 Å². The minimum atomic E-state index is -5.08. The lowest BCUT2D eigenvalue weighted by Gasteiger charge is -2.17. The number of piperidine rings is 1. The van der Waals surface area contributed by atoms with Crippen molar-refractivity contribution in [2.24, 2.45) is 5.41 Å². The second-order valence-electron chi connectivity index (χ2n) is 7.82. The second-order valence-corrected chi connectivity index (χ2v) is 8.63. The maximum absolute atomic E-state index is 12.6. The van der Waals surface area contributed by atoms with Gasteiger partial charge >= 0.3 is 12.1 Å². The molecule has 2 aromatic heterocycles. The zero-order valence-electron chi connectivity index (χ0n) is 16.7. The van der Waals surface area contributed by atoms with Gasteiger partial charge in [0, 0.05) is 24.2 Å². The quantitative estimate of drug-likeness (QED) is 0.553. The summed E-state index contributed by atoms with van der Waals surface area (Å²) in [6, 6.07) is 4.08. The number of alkyl halides is 3. The molecular formula is C19H21BrF3N5O3. The molecule has 3 N–H and O–H groups in total. The van der Waals surface area contributed by atoms with Crippen molar-refractivity contribution in [2.75, 3.05) is 5.32 Å². The van der Waals surface area contributed by atoms with Crippen LogP contribution in [-0.4, -0.2) is 49.8 Å². The zero-order valence-corrected chi connectivity index (χ0v) is 18.3. The monoisotopic (exact) mass is 503 g/mol. The summed E-state index contributed by atoms with van der Waals surface area (Å²) < 4.78 is 34.6.